The van der Waals surface area contributed by atoms with Gasteiger partial charge in [-0.3, -0.25) is 4.84 Å². The quantitative estimate of drug-likeness (QED) is 0.748. The average Bonchev–Trinajstić information content (AvgIpc) is 2.56. The van der Waals surface area contributed by atoms with E-state index in [9.17, 15) is 5.11 Å². The summed E-state index contributed by atoms with van der Waals surface area (Å²) < 4.78 is 1.83. The van der Waals surface area contributed by atoms with Gasteiger partial charge in [0, 0.05) is 16.9 Å². The van der Waals surface area contributed by atoms with Crippen molar-refractivity contribution in [2.24, 2.45) is 5.92 Å². The third-order valence-electron chi connectivity index (χ3n) is 3.98. The molecule has 1 heterocycles. The summed E-state index contributed by atoms with van der Waals surface area (Å²) in [7, 11) is 0. The molecule has 0 aliphatic carbocycles. The number of benzene rings is 1. The molecule has 0 saturated carbocycles. The lowest BCUT2D eigenvalue weighted by Crippen LogP contribution is -2.46. The maximum atomic E-state index is 9.43. The molecule has 2 rings (SSSR count). The lowest BCUT2D eigenvalue weighted by atomic mass is 10.0. The van der Waals surface area contributed by atoms with Crippen LogP contribution in [0.2, 0.25) is 0 Å². The molecular formula is C19H26NO2+. The number of aromatic hydroxyl groups is 1. The molecule has 0 aliphatic rings. The highest BCUT2D eigenvalue weighted by Gasteiger charge is 2.16. The van der Waals surface area contributed by atoms with E-state index in [1.807, 2.05) is 41.3 Å². The molecule has 118 valence electrons. The lowest BCUT2D eigenvalue weighted by Gasteiger charge is -2.12. The van der Waals surface area contributed by atoms with Crippen molar-refractivity contribution in [3.63, 3.8) is 0 Å². The number of hydrogen-bond donors (Lipinski definition) is 1. The molecule has 0 amide bonds. The normalized spacial score (nSPS) is 12.1. The minimum absolute atomic E-state index is 0.276. The van der Waals surface area contributed by atoms with Crippen LogP contribution in [0.1, 0.15) is 39.5 Å². The van der Waals surface area contributed by atoms with Gasteiger partial charge in [-0.05, 0) is 49.1 Å². The van der Waals surface area contributed by atoms with Crippen molar-refractivity contribution in [3.8, 4) is 17.0 Å². The van der Waals surface area contributed by atoms with E-state index in [0.717, 1.165) is 24.3 Å². The summed E-state index contributed by atoms with van der Waals surface area (Å²) in [6, 6.07) is 13.2. The van der Waals surface area contributed by atoms with Gasteiger partial charge in [0.05, 0.1) is 5.56 Å². The SMILES string of the molecule is CCCCC(CC)CO[n+]1ccccc1-c1ccc(O)cc1. The Morgan fingerprint density at radius 1 is 1.09 bits per heavy atom. The van der Waals surface area contributed by atoms with Gasteiger partial charge in [-0.2, -0.15) is 0 Å². The number of aromatic nitrogens is 1. The van der Waals surface area contributed by atoms with E-state index in [0.29, 0.717) is 5.92 Å². The Morgan fingerprint density at radius 3 is 2.55 bits per heavy atom. The topological polar surface area (TPSA) is 33.3 Å². The minimum atomic E-state index is 0.276. The molecule has 1 aromatic carbocycles. The van der Waals surface area contributed by atoms with Crippen molar-refractivity contribution in [2.45, 2.75) is 39.5 Å². The van der Waals surface area contributed by atoms with Gasteiger partial charge in [-0.25, -0.2) is 0 Å². The number of rotatable bonds is 8. The van der Waals surface area contributed by atoms with Crippen LogP contribution in [0.15, 0.2) is 48.7 Å². The zero-order valence-corrected chi connectivity index (χ0v) is 13.5. The van der Waals surface area contributed by atoms with Crippen molar-refractivity contribution < 1.29 is 14.7 Å². The summed E-state index contributed by atoms with van der Waals surface area (Å²) in [4.78, 5) is 6.03. The summed E-state index contributed by atoms with van der Waals surface area (Å²) in [5, 5.41) is 9.43. The number of pyridine rings is 1. The molecule has 0 fully saturated rings. The fourth-order valence-corrected chi connectivity index (χ4v) is 2.48. The van der Waals surface area contributed by atoms with Crippen molar-refractivity contribution >= 4 is 0 Å². The van der Waals surface area contributed by atoms with Crippen LogP contribution < -0.4 is 9.57 Å². The van der Waals surface area contributed by atoms with Crippen molar-refractivity contribution in [2.75, 3.05) is 6.61 Å². The largest absolute Gasteiger partial charge is 0.508 e. The Kier molecular flexibility index (Phi) is 6.26. The highest BCUT2D eigenvalue weighted by Crippen LogP contribution is 2.18. The molecule has 0 spiro atoms. The average molecular weight is 300 g/mol. The summed E-state index contributed by atoms with van der Waals surface area (Å²) in [6.07, 6.45) is 6.78. The third-order valence-corrected chi connectivity index (χ3v) is 3.98. The molecule has 0 bridgehead atoms. The van der Waals surface area contributed by atoms with Crippen LogP contribution in [0, 0.1) is 5.92 Å². The Balaban J connectivity index is 2.09. The second-order valence-corrected chi connectivity index (χ2v) is 5.67. The first kappa shape index (κ1) is 16.3. The van der Waals surface area contributed by atoms with Crippen LogP contribution in [0.5, 0.6) is 5.75 Å². The smallest absolute Gasteiger partial charge is 0.264 e. The molecule has 1 atom stereocenters. The predicted molar refractivity (Wildman–Crippen MR) is 88.5 cm³/mol. The first-order valence-corrected chi connectivity index (χ1v) is 8.18. The van der Waals surface area contributed by atoms with Gasteiger partial charge in [0.15, 0.2) is 6.61 Å². The number of phenolic OH excluding ortho intramolecular Hbond substituents is 1. The van der Waals surface area contributed by atoms with Crippen LogP contribution in [0.4, 0.5) is 0 Å². The molecule has 0 saturated heterocycles. The monoisotopic (exact) mass is 300 g/mol. The summed E-state index contributed by atoms with van der Waals surface area (Å²) in [5.41, 5.74) is 2.02. The lowest BCUT2D eigenvalue weighted by molar-refractivity contribution is -0.884. The third kappa shape index (κ3) is 4.48. The Bertz CT molecular complexity index is 566. The molecule has 22 heavy (non-hydrogen) atoms. The van der Waals surface area contributed by atoms with E-state index in [1.54, 1.807) is 12.1 Å². The standard InChI is InChI=1S/C19H25NO2/c1-3-5-8-16(4-2)15-22-20-14-7-6-9-19(20)17-10-12-18(21)13-11-17/h6-7,9-14,16H,3-5,8,15H2,1-2H3/p+1. The molecule has 1 aromatic heterocycles. The number of unbranched alkanes of at least 4 members (excludes halogenated alkanes) is 1. The second kappa shape index (κ2) is 8.42. The number of phenols is 1. The van der Waals surface area contributed by atoms with Crippen molar-refractivity contribution in [1.29, 1.82) is 0 Å². The van der Waals surface area contributed by atoms with Crippen LogP contribution in [0.25, 0.3) is 11.3 Å². The van der Waals surface area contributed by atoms with Gasteiger partial charge in [0.2, 0.25) is 6.20 Å². The van der Waals surface area contributed by atoms with Crippen LogP contribution in [0.3, 0.4) is 0 Å². The Hall–Kier alpha value is -2.03. The highest BCUT2D eigenvalue weighted by atomic mass is 16.7. The van der Waals surface area contributed by atoms with E-state index in [-0.39, 0.29) is 5.75 Å². The molecule has 0 aliphatic heterocycles. The van der Waals surface area contributed by atoms with Crippen molar-refractivity contribution in [1.82, 2.24) is 0 Å². The highest BCUT2D eigenvalue weighted by molar-refractivity contribution is 5.56. The molecule has 1 N–H and O–H groups in total. The van der Waals surface area contributed by atoms with E-state index < -0.39 is 0 Å². The van der Waals surface area contributed by atoms with Crippen LogP contribution in [-0.2, 0) is 0 Å². The molecule has 0 radical (unpaired) electrons. The predicted octanol–water partition coefficient (Wildman–Crippen LogP) is 3.99. The van der Waals surface area contributed by atoms with Crippen molar-refractivity contribution in [3.05, 3.63) is 48.7 Å². The molecule has 2 aromatic rings. The molecule has 3 heteroatoms. The van der Waals surface area contributed by atoms with Gasteiger partial charge in [-0.1, -0.05) is 26.7 Å². The zero-order chi connectivity index (χ0) is 15.8. The zero-order valence-electron chi connectivity index (χ0n) is 13.5. The van der Waals surface area contributed by atoms with Gasteiger partial charge in [0.25, 0.3) is 5.69 Å². The Morgan fingerprint density at radius 2 is 1.86 bits per heavy atom. The maximum absolute atomic E-state index is 9.43. The molecular weight excluding hydrogens is 274 g/mol. The van der Waals surface area contributed by atoms with E-state index in [1.165, 1.54) is 19.3 Å². The fourth-order valence-electron chi connectivity index (χ4n) is 2.48. The van der Waals surface area contributed by atoms with E-state index in [4.69, 9.17) is 4.84 Å². The maximum Gasteiger partial charge on any atom is 0.264 e. The van der Waals surface area contributed by atoms with Gasteiger partial charge >= 0.3 is 0 Å². The summed E-state index contributed by atoms with van der Waals surface area (Å²) in [6.45, 7) is 5.18. The summed E-state index contributed by atoms with van der Waals surface area (Å²) >= 11 is 0. The van der Waals surface area contributed by atoms with Crippen LogP contribution >= 0.6 is 0 Å². The number of nitrogens with zero attached hydrogens (tertiary/aromatic N) is 1. The minimum Gasteiger partial charge on any atom is -0.508 e. The second-order valence-electron chi connectivity index (χ2n) is 5.67. The van der Waals surface area contributed by atoms with Crippen LogP contribution in [-0.4, -0.2) is 11.7 Å². The number of hydrogen-bond acceptors (Lipinski definition) is 2. The first-order chi connectivity index (χ1) is 10.7. The molecule has 1 unspecified atom stereocenters. The molecule has 3 nitrogen and oxygen atoms in total. The first-order valence-electron chi connectivity index (χ1n) is 8.18. The van der Waals surface area contributed by atoms with E-state index >= 15 is 0 Å². The van der Waals surface area contributed by atoms with Gasteiger partial charge < -0.3 is 5.11 Å². The van der Waals surface area contributed by atoms with Gasteiger partial charge in [0.1, 0.15) is 5.75 Å². The van der Waals surface area contributed by atoms with Gasteiger partial charge in [-0.15, -0.1) is 0 Å². The summed E-state index contributed by atoms with van der Waals surface area (Å²) in [5.74, 6) is 0.873. The Labute approximate surface area is 133 Å². The fraction of sp³-hybridized carbons (Fsp3) is 0.421. The van der Waals surface area contributed by atoms with E-state index in [2.05, 4.69) is 13.8 Å².